The molecule has 4 heteroatoms. The van der Waals surface area contributed by atoms with Crippen LogP contribution in [0.15, 0.2) is 18.2 Å². The van der Waals surface area contributed by atoms with Gasteiger partial charge in [0.05, 0.1) is 13.2 Å². The van der Waals surface area contributed by atoms with E-state index in [1.54, 1.807) is 25.3 Å². The lowest BCUT2D eigenvalue weighted by Crippen LogP contribution is -2.39. The Bertz CT molecular complexity index is 456. The van der Waals surface area contributed by atoms with Gasteiger partial charge in [-0.2, -0.15) is 0 Å². The predicted molar refractivity (Wildman–Crippen MR) is 83.4 cm³/mol. The molecule has 0 fully saturated rings. The minimum absolute atomic E-state index is 0.0148. The van der Waals surface area contributed by atoms with Crippen molar-refractivity contribution in [2.45, 2.75) is 46.1 Å². The summed E-state index contributed by atoms with van der Waals surface area (Å²) in [6, 6.07) is 5.30. The maximum atomic E-state index is 12.8. The van der Waals surface area contributed by atoms with Gasteiger partial charge in [-0.3, -0.25) is 4.79 Å². The van der Waals surface area contributed by atoms with E-state index in [0.29, 0.717) is 43.1 Å². The molecule has 0 aliphatic rings. The van der Waals surface area contributed by atoms with Crippen LogP contribution < -0.4 is 9.47 Å². The number of hydrogen-bond donors (Lipinski definition) is 0. The maximum Gasteiger partial charge on any atom is 0.194 e. The molecule has 1 rings (SSSR count). The number of Topliss-reactive ketones (excluding diaryl/α,β-unsaturated/α-hetero) is 1. The fourth-order valence-corrected chi connectivity index (χ4v) is 2.41. The Kier molecular flexibility index (Phi) is 6.69. The highest BCUT2D eigenvalue weighted by Crippen LogP contribution is 2.32. The number of carbonyl (C=O) groups is 1. The minimum atomic E-state index is -0.767. The molecule has 0 atom stereocenters. The van der Waals surface area contributed by atoms with Crippen LogP contribution in [0.25, 0.3) is 0 Å². The highest BCUT2D eigenvalue weighted by Gasteiger charge is 2.35. The van der Waals surface area contributed by atoms with Crippen molar-refractivity contribution in [1.82, 2.24) is 0 Å². The molecular formula is C17H26O4. The third kappa shape index (κ3) is 3.76. The Labute approximate surface area is 127 Å². The number of ketones is 1. The first-order chi connectivity index (χ1) is 10.1. The fraction of sp³-hybridized carbons (Fsp3) is 0.588. The van der Waals surface area contributed by atoms with E-state index in [4.69, 9.17) is 14.2 Å². The van der Waals surface area contributed by atoms with Gasteiger partial charge in [-0.05, 0) is 44.9 Å². The second kappa shape index (κ2) is 8.03. The Morgan fingerprint density at radius 1 is 1.00 bits per heavy atom. The SMILES string of the molecule is CCOc1ccc(C(=O)C(CC)(CC)OC)cc1OCC. The summed E-state index contributed by atoms with van der Waals surface area (Å²) in [5.41, 5.74) is -0.177. The third-order valence-corrected chi connectivity index (χ3v) is 3.75. The molecule has 21 heavy (non-hydrogen) atoms. The average Bonchev–Trinajstić information content (AvgIpc) is 2.51. The maximum absolute atomic E-state index is 12.8. The van der Waals surface area contributed by atoms with E-state index >= 15 is 0 Å². The quantitative estimate of drug-likeness (QED) is 0.648. The molecule has 0 saturated carbocycles. The van der Waals surface area contributed by atoms with Crippen LogP contribution in [0, 0.1) is 0 Å². The Balaban J connectivity index is 3.18. The molecule has 0 amide bonds. The zero-order valence-corrected chi connectivity index (χ0v) is 13.7. The molecule has 0 N–H and O–H groups in total. The molecule has 0 radical (unpaired) electrons. The molecule has 0 aliphatic carbocycles. The van der Waals surface area contributed by atoms with Crippen molar-refractivity contribution in [3.63, 3.8) is 0 Å². The largest absolute Gasteiger partial charge is 0.490 e. The lowest BCUT2D eigenvalue weighted by Gasteiger charge is -2.28. The standard InChI is InChI=1S/C17H26O4/c1-6-17(7-2,19-5)16(18)13-10-11-14(20-8-3)15(12-13)21-9-4/h10-12H,6-9H2,1-5H3. The third-order valence-electron chi connectivity index (χ3n) is 3.75. The predicted octanol–water partition coefficient (Wildman–Crippen LogP) is 3.87. The first-order valence-corrected chi connectivity index (χ1v) is 7.58. The smallest absolute Gasteiger partial charge is 0.194 e. The molecule has 1 aromatic rings. The van der Waals surface area contributed by atoms with Gasteiger partial charge < -0.3 is 14.2 Å². The number of ether oxygens (including phenoxy) is 3. The van der Waals surface area contributed by atoms with Crippen LogP contribution in [0.1, 0.15) is 50.9 Å². The summed E-state index contributed by atoms with van der Waals surface area (Å²) < 4.78 is 16.6. The Hall–Kier alpha value is -1.55. The van der Waals surface area contributed by atoms with Crippen molar-refractivity contribution >= 4 is 5.78 Å². The molecule has 0 aliphatic heterocycles. The molecule has 0 bridgehead atoms. The fourth-order valence-electron chi connectivity index (χ4n) is 2.41. The molecule has 1 aromatic carbocycles. The second-order valence-corrected chi connectivity index (χ2v) is 4.76. The zero-order chi connectivity index (χ0) is 15.9. The van der Waals surface area contributed by atoms with Crippen molar-refractivity contribution in [1.29, 1.82) is 0 Å². The second-order valence-electron chi connectivity index (χ2n) is 4.76. The minimum Gasteiger partial charge on any atom is -0.490 e. The van der Waals surface area contributed by atoms with Gasteiger partial charge >= 0.3 is 0 Å². The molecule has 4 nitrogen and oxygen atoms in total. The summed E-state index contributed by atoms with van der Waals surface area (Å²) in [6.07, 6.45) is 1.27. The van der Waals surface area contributed by atoms with Crippen LogP contribution in [0.2, 0.25) is 0 Å². The van der Waals surface area contributed by atoms with E-state index in [9.17, 15) is 4.79 Å². The van der Waals surface area contributed by atoms with Crippen molar-refractivity contribution in [2.75, 3.05) is 20.3 Å². The van der Waals surface area contributed by atoms with Crippen LogP contribution in [0.3, 0.4) is 0 Å². The first-order valence-electron chi connectivity index (χ1n) is 7.58. The van der Waals surface area contributed by atoms with Gasteiger partial charge in [0.2, 0.25) is 0 Å². The summed E-state index contributed by atoms with van der Waals surface area (Å²) in [4.78, 5) is 12.8. The van der Waals surface area contributed by atoms with Crippen molar-refractivity contribution < 1.29 is 19.0 Å². The van der Waals surface area contributed by atoms with Gasteiger partial charge in [0.25, 0.3) is 0 Å². The molecule has 0 aromatic heterocycles. The number of methoxy groups -OCH3 is 1. The van der Waals surface area contributed by atoms with E-state index in [0.717, 1.165) is 0 Å². The van der Waals surface area contributed by atoms with Crippen LogP contribution >= 0.6 is 0 Å². The Morgan fingerprint density at radius 3 is 2.05 bits per heavy atom. The van der Waals surface area contributed by atoms with Gasteiger partial charge in [0.1, 0.15) is 5.60 Å². The van der Waals surface area contributed by atoms with Crippen LogP contribution in [0.4, 0.5) is 0 Å². The van der Waals surface area contributed by atoms with Crippen molar-refractivity contribution in [3.8, 4) is 11.5 Å². The van der Waals surface area contributed by atoms with Gasteiger partial charge in [-0.25, -0.2) is 0 Å². The van der Waals surface area contributed by atoms with Gasteiger partial charge in [-0.1, -0.05) is 13.8 Å². The summed E-state index contributed by atoms with van der Waals surface area (Å²) >= 11 is 0. The van der Waals surface area contributed by atoms with Crippen molar-refractivity contribution in [3.05, 3.63) is 23.8 Å². The van der Waals surface area contributed by atoms with E-state index in [2.05, 4.69) is 0 Å². The summed E-state index contributed by atoms with van der Waals surface area (Å²) in [7, 11) is 1.59. The van der Waals surface area contributed by atoms with Crippen LogP contribution in [-0.4, -0.2) is 31.7 Å². The summed E-state index contributed by atoms with van der Waals surface area (Å²) in [5.74, 6) is 1.24. The highest BCUT2D eigenvalue weighted by atomic mass is 16.5. The van der Waals surface area contributed by atoms with E-state index in [-0.39, 0.29) is 5.78 Å². The number of carbonyl (C=O) groups excluding carboxylic acids is 1. The normalized spacial score (nSPS) is 11.3. The molecule has 118 valence electrons. The van der Waals surface area contributed by atoms with Crippen LogP contribution in [0.5, 0.6) is 11.5 Å². The topological polar surface area (TPSA) is 44.8 Å². The van der Waals surface area contributed by atoms with Gasteiger partial charge in [0.15, 0.2) is 17.3 Å². The number of hydrogen-bond acceptors (Lipinski definition) is 4. The van der Waals surface area contributed by atoms with Crippen molar-refractivity contribution in [2.24, 2.45) is 0 Å². The summed E-state index contributed by atoms with van der Waals surface area (Å²) in [5, 5.41) is 0. The lowest BCUT2D eigenvalue weighted by molar-refractivity contribution is -0.00263. The lowest BCUT2D eigenvalue weighted by atomic mass is 9.87. The monoisotopic (exact) mass is 294 g/mol. The van der Waals surface area contributed by atoms with E-state index < -0.39 is 5.60 Å². The molecular weight excluding hydrogens is 268 g/mol. The molecule has 0 saturated heterocycles. The molecule has 0 heterocycles. The zero-order valence-electron chi connectivity index (χ0n) is 13.7. The highest BCUT2D eigenvalue weighted by molar-refractivity contribution is 6.03. The molecule has 0 unspecified atom stereocenters. The van der Waals surface area contributed by atoms with Gasteiger partial charge in [-0.15, -0.1) is 0 Å². The first kappa shape index (κ1) is 17.5. The number of rotatable bonds is 9. The van der Waals surface area contributed by atoms with Crippen LogP contribution in [-0.2, 0) is 4.74 Å². The van der Waals surface area contributed by atoms with E-state index in [1.165, 1.54) is 0 Å². The number of benzene rings is 1. The Morgan fingerprint density at radius 2 is 1.57 bits per heavy atom. The average molecular weight is 294 g/mol. The molecule has 0 spiro atoms. The van der Waals surface area contributed by atoms with E-state index in [1.807, 2.05) is 27.7 Å². The summed E-state index contributed by atoms with van der Waals surface area (Å²) in [6.45, 7) is 8.82. The van der Waals surface area contributed by atoms with Gasteiger partial charge in [0, 0.05) is 12.7 Å².